The molecule has 1 aromatic rings. The average Bonchev–Trinajstić information content (AvgIpc) is 2.53. The van der Waals surface area contributed by atoms with E-state index in [-0.39, 0.29) is 23.1 Å². The third-order valence-electron chi connectivity index (χ3n) is 5.84. The Bertz CT molecular complexity index is 478. The first kappa shape index (κ1) is 17.5. The lowest BCUT2D eigenvalue weighted by Crippen LogP contribution is -2.67. The molecule has 0 saturated carbocycles. The molecule has 124 valence electrons. The molecule has 2 rings (SSSR count). The van der Waals surface area contributed by atoms with Crippen LogP contribution in [0, 0.1) is 5.92 Å². The third kappa shape index (κ3) is 3.08. The predicted octanol–water partition coefficient (Wildman–Crippen LogP) is 4.16. The fourth-order valence-electron chi connectivity index (χ4n) is 3.70. The SMILES string of the molecule is CCC1(C)CC(O)C(C)C(C)(CC)N1OCc1ccccc1. The molecular weight excluding hydrogens is 274 g/mol. The van der Waals surface area contributed by atoms with Crippen molar-refractivity contribution in [3.8, 4) is 0 Å². The summed E-state index contributed by atoms with van der Waals surface area (Å²) in [4.78, 5) is 6.32. The maximum absolute atomic E-state index is 10.5. The van der Waals surface area contributed by atoms with Gasteiger partial charge in [0.2, 0.25) is 0 Å². The van der Waals surface area contributed by atoms with Gasteiger partial charge in [-0.25, -0.2) is 0 Å². The third-order valence-corrected chi connectivity index (χ3v) is 5.84. The van der Waals surface area contributed by atoms with Gasteiger partial charge in [0, 0.05) is 17.0 Å². The molecule has 4 atom stereocenters. The fraction of sp³-hybridized carbons (Fsp3) is 0.684. The van der Waals surface area contributed by atoms with Crippen molar-refractivity contribution in [1.82, 2.24) is 5.06 Å². The molecule has 1 aromatic carbocycles. The first-order chi connectivity index (χ1) is 10.4. The summed E-state index contributed by atoms with van der Waals surface area (Å²) in [5, 5.41) is 12.7. The molecule has 3 heteroatoms. The minimum Gasteiger partial charge on any atom is -0.393 e. The van der Waals surface area contributed by atoms with Gasteiger partial charge in [-0.2, -0.15) is 5.06 Å². The van der Waals surface area contributed by atoms with Crippen molar-refractivity contribution in [2.24, 2.45) is 5.92 Å². The van der Waals surface area contributed by atoms with Gasteiger partial charge in [0.15, 0.2) is 0 Å². The second-order valence-electron chi connectivity index (χ2n) is 7.17. The highest BCUT2D eigenvalue weighted by molar-refractivity contribution is 5.13. The Balaban J connectivity index is 2.25. The zero-order valence-electron chi connectivity index (χ0n) is 14.7. The Morgan fingerprint density at radius 1 is 1.18 bits per heavy atom. The molecule has 0 amide bonds. The van der Waals surface area contributed by atoms with Gasteiger partial charge in [0.05, 0.1) is 12.7 Å². The molecule has 0 aromatic heterocycles. The molecule has 0 aliphatic carbocycles. The standard InChI is InChI=1S/C19H31NO2/c1-6-18(4)13-17(21)15(3)19(5,7-2)20(18)22-14-16-11-9-8-10-12-16/h8-12,15,17,21H,6-7,13-14H2,1-5H3. The van der Waals surface area contributed by atoms with Gasteiger partial charge < -0.3 is 5.11 Å². The summed E-state index contributed by atoms with van der Waals surface area (Å²) in [5.41, 5.74) is 0.890. The Hall–Kier alpha value is -0.900. The van der Waals surface area contributed by atoms with Gasteiger partial charge in [-0.05, 0) is 38.7 Å². The van der Waals surface area contributed by atoms with E-state index in [2.05, 4.69) is 51.8 Å². The van der Waals surface area contributed by atoms with Gasteiger partial charge in [0.1, 0.15) is 0 Å². The summed E-state index contributed by atoms with van der Waals surface area (Å²) in [7, 11) is 0. The quantitative estimate of drug-likeness (QED) is 0.886. The Labute approximate surface area is 135 Å². The summed E-state index contributed by atoms with van der Waals surface area (Å²) in [5.74, 6) is 0.188. The highest BCUT2D eigenvalue weighted by Crippen LogP contribution is 2.45. The number of benzene rings is 1. The van der Waals surface area contributed by atoms with E-state index in [1.165, 1.54) is 5.56 Å². The van der Waals surface area contributed by atoms with Crippen molar-refractivity contribution >= 4 is 0 Å². The highest BCUT2D eigenvalue weighted by atomic mass is 16.7. The zero-order valence-corrected chi connectivity index (χ0v) is 14.7. The van der Waals surface area contributed by atoms with Crippen LogP contribution in [0.5, 0.6) is 0 Å². The second-order valence-corrected chi connectivity index (χ2v) is 7.17. The summed E-state index contributed by atoms with van der Waals surface area (Å²) < 4.78 is 0. The van der Waals surface area contributed by atoms with E-state index in [4.69, 9.17) is 4.84 Å². The lowest BCUT2D eigenvalue weighted by atomic mass is 9.69. The van der Waals surface area contributed by atoms with Gasteiger partial charge in [-0.1, -0.05) is 51.1 Å². The van der Waals surface area contributed by atoms with E-state index in [1.54, 1.807) is 0 Å². The van der Waals surface area contributed by atoms with E-state index >= 15 is 0 Å². The number of hydrogen-bond donors (Lipinski definition) is 1. The molecule has 1 saturated heterocycles. The van der Waals surface area contributed by atoms with Crippen LogP contribution in [-0.2, 0) is 11.4 Å². The molecule has 1 aliphatic rings. The number of nitrogens with zero attached hydrogens (tertiary/aromatic N) is 1. The molecule has 22 heavy (non-hydrogen) atoms. The van der Waals surface area contributed by atoms with Crippen molar-refractivity contribution in [3.05, 3.63) is 35.9 Å². The summed E-state index contributed by atoms with van der Waals surface area (Å²) in [6.45, 7) is 11.5. The van der Waals surface area contributed by atoms with E-state index in [1.807, 2.05) is 18.2 Å². The first-order valence-corrected chi connectivity index (χ1v) is 8.52. The van der Waals surface area contributed by atoms with E-state index < -0.39 is 0 Å². The summed E-state index contributed by atoms with van der Waals surface area (Å²) >= 11 is 0. The lowest BCUT2D eigenvalue weighted by molar-refractivity contribution is -0.323. The minimum atomic E-state index is -0.272. The number of hydrogen-bond acceptors (Lipinski definition) is 3. The highest BCUT2D eigenvalue weighted by Gasteiger charge is 2.53. The van der Waals surface area contributed by atoms with Crippen molar-refractivity contribution in [2.45, 2.75) is 77.7 Å². The van der Waals surface area contributed by atoms with Gasteiger partial charge in [0.25, 0.3) is 0 Å². The molecule has 0 radical (unpaired) electrons. The molecular formula is C19H31NO2. The minimum absolute atomic E-state index is 0.133. The van der Waals surface area contributed by atoms with Crippen LogP contribution < -0.4 is 0 Å². The fourth-order valence-corrected chi connectivity index (χ4v) is 3.70. The summed E-state index contributed by atoms with van der Waals surface area (Å²) in [6, 6.07) is 10.3. The van der Waals surface area contributed by atoms with Crippen LogP contribution in [0.2, 0.25) is 0 Å². The van der Waals surface area contributed by atoms with Crippen molar-refractivity contribution < 1.29 is 9.94 Å². The van der Waals surface area contributed by atoms with Gasteiger partial charge >= 0.3 is 0 Å². The van der Waals surface area contributed by atoms with Crippen LogP contribution in [0.4, 0.5) is 0 Å². The van der Waals surface area contributed by atoms with Crippen LogP contribution in [0.3, 0.4) is 0 Å². The predicted molar refractivity (Wildman–Crippen MR) is 90.2 cm³/mol. The van der Waals surface area contributed by atoms with Crippen LogP contribution in [-0.4, -0.2) is 27.4 Å². The first-order valence-electron chi connectivity index (χ1n) is 8.52. The number of aliphatic hydroxyl groups excluding tert-OH is 1. The van der Waals surface area contributed by atoms with Gasteiger partial charge in [-0.3, -0.25) is 4.84 Å². The second kappa shape index (κ2) is 6.69. The lowest BCUT2D eigenvalue weighted by Gasteiger charge is -2.58. The molecule has 1 aliphatic heterocycles. The molecule has 1 fully saturated rings. The van der Waals surface area contributed by atoms with Crippen LogP contribution in [0.1, 0.15) is 59.4 Å². The van der Waals surface area contributed by atoms with E-state index in [0.29, 0.717) is 6.61 Å². The Kier molecular flexibility index (Phi) is 5.31. The average molecular weight is 305 g/mol. The van der Waals surface area contributed by atoms with Crippen molar-refractivity contribution in [3.63, 3.8) is 0 Å². The molecule has 0 spiro atoms. The number of rotatable bonds is 5. The zero-order chi connectivity index (χ0) is 16.4. The van der Waals surface area contributed by atoms with Crippen molar-refractivity contribution in [1.29, 1.82) is 0 Å². The molecule has 1 N–H and O–H groups in total. The van der Waals surface area contributed by atoms with Crippen molar-refractivity contribution in [2.75, 3.05) is 0 Å². The molecule has 0 bridgehead atoms. The Morgan fingerprint density at radius 3 is 2.36 bits per heavy atom. The van der Waals surface area contributed by atoms with Crippen LogP contribution in [0.25, 0.3) is 0 Å². The van der Waals surface area contributed by atoms with Crippen LogP contribution >= 0.6 is 0 Å². The normalized spacial score (nSPS) is 36.5. The Morgan fingerprint density at radius 2 is 1.82 bits per heavy atom. The summed E-state index contributed by atoms with van der Waals surface area (Å²) in [6.07, 6.45) is 2.40. The smallest absolute Gasteiger partial charge is 0.0936 e. The largest absolute Gasteiger partial charge is 0.393 e. The van der Waals surface area contributed by atoms with E-state index in [0.717, 1.165) is 19.3 Å². The maximum Gasteiger partial charge on any atom is 0.0936 e. The number of hydroxylamine groups is 2. The number of piperidine rings is 1. The van der Waals surface area contributed by atoms with Crippen LogP contribution in [0.15, 0.2) is 30.3 Å². The monoisotopic (exact) mass is 305 g/mol. The number of aliphatic hydroxyl groups is 1. The topological polar surface area (TPSA) is 32.7 Å². The van der Waals surface area contributed by atoms with Gasteiger partial charge in [-0.15, -0.1) is 0 Å². The molecule has 4 unspecified atom stereocenters. The maximum atomic E-state index is 10.5. The van der Waals surface area contributed by atoms with E-state index in [9.17, 15) is 5.11 Å². The molecule has 1 heterocycles. The molecule has 3 nitrogen and oxygen atoms in total.